The Labute approximate surface area is 144 Å². The van der Waals surface area contributed by atoms with Crippen LogP contribution in [-0.2, 0) is 22.4 Å². The number of nitrogens with zero attached hydrogens (tertiary/aromatic N) is 2. The maximum atomic E-state index is 6.19. The normalized spacial score (nSPS) is 32.1. The number of hydrogen-bond donors (Lipinski definition) is 0. The van der Waals surface area contributed by atoms with E-state index in [1.165, 1.54) is 6.42 Å². The molecule has 0 aliphatic carbocycles. The highest BCUT2D eigenvalue weighted by atomic mass is 16.5. The number of piperidine rings is 1. The third-order valence-corrected chi connectivity index (χ3v) is 5.87. The third kappa shape index (κ3) is 3.69. The number of likely N-dealkylation sites (tertiary alicyclic amines) is 1. The summed E-state index contributed by atoms with van der Waals surface area (Å²) >= 11 is 0. The van der Waals surface area contributed by atoms with Crippen molar-refractivity contribution in [3.8, 4) is 0 Å². The molecule has 4 rings (SSSR count). The highest BCUT2D eigenvalue weighted by molar-refractivity contribution is 5.07. The quantitative estimate of drug-likeness (QED) is 0.823. The summed E-state index contributed by atoms with van der Waals surface area (Å²) in [5, 5.41) is 0. The third-order valence-electron chi connectivity index (χ3n) is 5.87. The van der Waals surface area contributed by atoms with E-state index in [0.29, 0.717) is 12.0 Å². The monoisotopic (exact) mass is 334 g/mol. The summed E-state index contributed by atoms with van der Waals surface area (Å²) in [7, 11) is 0. The van der Waals surface area contributed by atoms with Crippen LogP contribution in [0.1, 0.15) is 24.9 Å². The van der Waals surface area contributed by atoms with Gasteiger partial charge in [-0.1, -0.05) is 6.92 Å². The summed E-state index contributed by atoms with van der Waals surface area (Å²) < 4.78 is 17.5. The molecule has 3 aliphatic rings. The molecule has 24 heavy (non-hydrogen) atoms. The molecule has 0 unspecified atom stereocenters. The molecule has 0 saturated carbocycles. The molecule has 3 saturated heterocycles. The Hall–Kier alpha value is -0.880. The van der Waals surface area contributed by atoms with E-state index in [1.54, 1.807) is 0 Å². The Morgan fingerprint density at radius 3 is 2.71 bits per heavy atom. The lowest BCUT2D eigenvalue weighted by Crippen LogP contribution is -2.45. The van der Waals surface area contributed by atoms with Gasteiger partial charge < -0.3 is 13.9 Å². The van der Waals surface area contributed by atoms with Crippen molar-refractivity contribution < 1.29 is 13.9 Å². The molecule has 0 amide bonds. The molecule has 0 N–H and O–H groups in total. The Bertz CT molecular complexity index is 526. The summed E-state index contributed by atoms with van der Waals surface area (Å²) in [6.45, 7) is 11.3. The van der Waals surface area contributed by atoms with E-state index in [1.807, 2.05) is 0 Å². The zero-order chi connectivity index (χ0) is 16.4. The molecule has 3 aliphatic heterocycles. The average Bonchev–Trinajstić information content (AvgIpc) is 3.23. The van der Waals surface area contributed by atoms with Gasteiger partial charge >= 0.3 is 0 Å². The van der Waals surface area contributed by atoms with Crippen molar-refractivity contribution in [2.45, 2.75) is 32.4 Å². The SMILES string of the molecule is CCc1ccc(CN2CC[C@@H]3[C@@H](CO[C@H]3CN3CCOCC3)C2)o1. The van der Waals surface area contributed by atoms with Crippen molar-refractivity contribution >= 4 is 0 Å². The first-order chi connectivity index (χ1) is 11.8. The standard InChI is InChI=1S/C19H30N2O3/c1-2-16-3-4-17(24-16)12-21-6-5-18-15(11-21)14-23-19(18)13-20-7-9-22-10-8-20/h3-4,15,18-19H,2,5-14H2,1H3/t15-,18-,19+/m1/s1. The van der Waals surface area contributed by atoms with E-state index in [9.17, 15) is 0 Å². The van der Waals surface area contributed by atoms with Gasteiger partial charge in [-0.3, -0.25) is 9.80 Å². The van der Waals surface area contributed by atoms with E-state index in [4.69, 9.17) is 13.9 Å². The highest BCUT2D eigenvalue weighted by Crippen LogP contribution is 2.35. The van der Waals surface area contributed by atoms with Crippen LogP contribution in [0.25, 0.3) is 0 Å². The van der Waals surface area contributed by atoms with Crippen molar-refractivity contribution in [1.29, 1.82) is 0 Å². The predicted octanol–water partition coefficient (Wildman–Crippen LogP) is 2.01. The number of rotatable bonds is 5. The molecule has 134 valence electrons. The topological polar surface area (TPSA) is 38.1 Å². The fourth-order valence-electron chi connectivity index (χ4n) is 4.45. The maximum Gasteiger partial charge on any atom is 0.118 e. The zero-order valence-corrected chi connectivity index (χ0v) is 14.8. The van der Waals surface area contributed by atoms with Gasteiger partial charge in [0.15, 0.2) is 0 Å². The van der Waals surface area contributed by atoms with Crippen LogP contribution in [0.4, 0.5) is 0 Å². The minimum absolute atomic E-state index is 0.422. The first-order valence-corrected chi connectivity index (χ1v) is 9.53. The predicted molar refractivity (Wildman–Crippen MR) is 92.0 cm³/mol. The van der Waals surface area contributed by atoms with Gasteiger partial charge in [0.25, 0.3) is 0 Å². The van der Waals surface area contributed by atoms with Crippen molar-refractivity contribution in [2.75, 3.05) is 52.5 Å². The summed E-state index contributed by atoms with van der Waals surface area (Å²) in [4.78, 5) is 5.05. The van der Waals surface area contributed by atoms with E-state index < -0.39 is 0 Å². The molecule has 5 heteroatoms. The molecule has 3 atom stereocenters. The average molecular weight is 334 g/mol. The second-order valence-corrected chi connectivity index (χ2v) is 7.45. The molecule has 0 radical (unpaired) electrons. The first kappa shape index (κ1) is 16.6. The van der Waals surface area contributed by atoms with Gasteiger partial charge in [-0.2, -0.15) is 0 Å². The van der Waals surface area contributed by atoms with Crippen LogP contribution in [0, 0.1) is 11.8 Å². The lowest BCUT2D eigenvalue weighted by molar-refractivity contribution is -0.00276. The van der Waals surface area contributed by atoms with Gasteiger partial charge in [0, 0.05) is 38.5 Å². The van der Waals surface area contributed by atoms with Gasteiger partial charge in [0.05, 0.1) is 32.5 Å². The largest absolute Gasteiger partial charge is 0.465 e. The summed E-state index contributed by atoms with van der Waals surface area (Å²) in [5.74, 6) is 3.61. The fourth-order valence-corrected chi connectivity index (χ4v) is 4.45. The van der Waals surface area contributed by atoms with Crippen molar-refractivity contribution in [3.63, 3.8) is 0 Å². The highest BCUT2D eigenvalue weighted by Gasteiger charge is 2.41. The molecular formula is C19H30N2O3. The van der Waals surface area contributed by atoms with Gasteiger partial charge in [0.2, 0.25) is 0 Å². The van der Waals surface area contributed by atoms with Crippen LogP contribution >= 0.6 is 0 Å². The number of hydrogen-bond acceptors (Lipinski definition) is 5. The number of morpholine rings is 1. The minimum Gasteiger partial charge on any atom is -0.465 e. The van der Waals surface area contributed by atoms with Gasteiger partial charge in [-0.25, -0.2) is 0 Å². The molecule has 1 aromatic rings. The maximum absolute atomic E-state index is 6.19. The number of furan rings is 1. The van der Waals surface area contributed by atoms with E-state index in [-0.39, 0.29) is 0 Å². The molecular weight excluding hydrogens is 304 g/mol. The summed E-state index contributed by atoms with van der Waals surface area (Å²) in [6, 6.07) is 4.25. The lowest BCUT2D eigenvalue weighted by Gasteiger charge is -2.36. The van der Waals surface area contributed by atoms with Crippen molar-refractivity contribution in [2.24, 2.45) is 11.8 Å². The van der Waals surface area contributed by atoms with Crippen LogP contribution in [0.2, 0.25) is 0 Å². The van der Waals surface area contributed by atoms with Gasteiger partial charge in [-0.05, 0) is 31.0 Å². The van der Waals surface area contributed by atoms with Gasteiger partial charge in [0.1, 0.15) is 11.5 Å². The Kier molecular flexibility index (Phi) is 5.22. The fraction of sp³-hybridized carbons (Fsp3) is 0.789. The molecule has 0 bridgehead atoms. The lowest BCUT2D eigenvalue weighted by atomic mass is 9.84. The Morgan fingerprint density at radius 1 is 1.08 bits per heavy atom. The first-order valence-electron chi connectivity index (χ1n) is 9.53. The number of aryl methyl sites for hydroxylation is 1. The van der Waals surface area contributed by atoms with E-state index >= 15 is 0 Å². The van der Waals surface area contributed by atoms with E-state index in [2.05, 4.69) is 28.9 Å². The molecule has 0 spiro atoms. The Morgan fingerprint density at radius 2 is 1.92 bits per heavy atom. The van der Waals surface area contributed by atoms with Crippen LogP contribution < -0.4 is 0 Å². The summed E-state index contributed by atoms with van der Waals surface area (Å²) in [6.07, 6.45) is 2.65. The number of ether oxygens (including phenoxy) is 2. The van der Waals surface area contributed by atoms with Crippen LogP contribution in [0.3, 0.4) is 0 Å². The van der Waals surface area contributed by atoms with Gasteiger partial charge in [-0.15, -0.1) is 0 Å². The molecule has 1 aromatic heterocycles. The smallest absolute Gasteiger partial charge is 0.118 e. The van der Waals surface area contributed by atoms with Crippen LogP contribution in [0.15, 0.2) is 16.5 Å². The molecule has 5 nitrogen and oxygen atoms in total. The summed E-state index contributed by atoms with van der Waals surface area (Å²) in [5.41, 5.74) is 0. The minimum atomic E-state index is 0.422. The van der Waals surface area contributed by atoms with Crippen molar-refractivity contribution in [3.05, 3.63) is 23.7 Å². The second kappa shape index (κ2) is 7.56. The molecule has 4 heterocycles. The second-order valence-electron chi connectivity index (χ2n) is 7.45. The Balaban J connectivity index is 1.29. The van der Waals surface area contributed by atoms with Crippen molar-refractivity contribution in [1.82, 2.24) is 9.80 Å². The van der Waals surface area contributed by atoms with Crippen LogP contribution in [0.5, 0.6) is 0 Å². The van der Waals surface area contributed by atoms with Crippen LogP contribution in [-0.4, -0.2) is 68.4 Å². The number of fused-ring (bicyclic) bond motifs is 1. The van der Waals surface area contributed by atoms with E-state index in [0.717, 1.165) is 82.9 Å². The molecule has 3 fully saturated rings. The zero-order valence-electron chi connectivity index (χ0n) is 14.8. The molecule has 0 aromatic carbocycles.